The molecule has 6 nitrogen and oxygen atoms in total. The Hall–Kier alpha value is -2.51. The molecule has 1 aliphatic carbocycles. The highest BCUT2D eigenvalue weighted by Gasteiger charge is 2.51. The number of likely N-dealkylation sites (N-methyl/N-ethyl adjacent to an activating group) is 2. The molecule has 1 aliphatic heterocycles. The fraction of sp³-hybridized carbons (Fsp3) is 0.500. The van der Waals surface area contributed by atoms with Gasteiger partial charge in [-0.3, -0.25) is 9.59 Å². The number of ether oxygens (including phenoxy) is 1. The molecule has 0 spiro atoms. The molecule has 0 radical (unpaired) electrons. The molecule has 4 rings (SSSR count). The van der Waals surface area contributed by atoms with E-state index in [1.54, 1.807) is 23.9 Å². The minimum atomic E-state index is -1.17. The third-order valence-electron chi connectivity index (χ3n) is 7.39. The minimum absolute atomic E-state index is 0.140. The van der Waals surface area contributed by atoms with E-state index in [1.807, 2.05) is 48.5 Å². The molecule has 2 aromatic rings. The van der Waals surface area contributed by atoms with Crippen LogP contribution in [-0.4, -0.2) is 62.0 Å². The van der Waals surface area contributed by atoms with Crippen LogP contribution in [0.2, 0.25) is 0 Å². The molecule has 35 heavy (non-hydrogen) atoms. The number of rotatable bonds is 8. The fourth-order valence-corrected chi connectivity index (χ4v) is 6.67. The van der Waals surface area contributed by atoms with Crippen LogP contribution in [0.4, 0.5) is 5.69 Å². The highest BCUT2D eigenvalue weighted by Crippen LogP contribution is 2.52. The molecule has 7 heteroatoms. The Labute approximate surface area is 213 Å². The maximum Gasteiger partial charge on any atom is 0.268 e. The zero-order valence-corrected chi connectivity index (χ0v) is 22.1. The van der Waals surface area contributed by atoms with Crippen molar-refractivity contribution >= 4 is 29.3 Å². The van der Waals surface area contributed by atoms with Crippen LogP contribution in [0.5, 0.6) is 5.75 Å². The van der Waals surface area contributed by atoms with E-state index in [-0.39, 0.29) is 11.8 Å². The van der Waals surface area contributed by atoms with E-state index in [9.17, 15) is 9.59 Å². The van der Waals surface area contributed by atoms with Gasteiger partial charge in [0, 0.05) is 38.5 Å². The van der Waals surface area contributed by atoms with Crippen molar-refractivity contribution in [3.05, 3.63) is 54.1 Å². The Morgan fingerprint density at radius 2 is 1.77 bits per heavy atom. The molecule has 1 atom stereocenters. The van der Waals surface area contributed by atoms with E-state index in [1.165, 1.54) is 50.8 Å². The number of thioether (sulfide) groups is 1. The van der Waals surface area contributed by atoms with Crippen molar-refractivity contribution in [2.24, 2.45) is 0 Å². The van der Waals surface area contributed by atoms with Gasteiger partial charge in [0.25, 0.3) is 5.91 Å². The molecule has 188 valence electrons. The van der Waals surface area contributed by atoms with Gasteiger partial charge < -0.3 is 19.4 Å². The molecule has 2 amide bonds. The molecule has 2 aromatic carbocycles. The highest BCUT2D eigenvalue weighted by atomic mass is 32.2. The lowest BCUT2D eigenvalue weighted by molar-refractivity contribution is -0.138. The fourth-order valence-electron chi connectivity index (χ4n) is 5.16. The summed E-state index contributed by atoms with van der Waals surface area (Å²) in [5.74, 6) is 0.469. The Balaban J connectivity index is 1.46. The van der Waals surface area contributed by atoms with Gasteiger partial charge in [0.05, 0.1) is 12.3 Å². The van der Waals surface area contributed by atoms with Gasteiger partial charge in [0.2, 0.25) is 5.91 Å². The van der Waals surface area contributed by atoms with Crippen LogP contribution in [-0.2, 0) is 14.5 Å². The third-order valence-corrected chi connectivity index (χ3v) is 8.94. The lowest BCUT2D eigenvalue weighted by Crippen LogP contribution is -2.56. The number of fused-ring (bicyclic) bond motifs is 1. The first-order valence-electron chi connectivity index (χ1n) is 12.6. The van der Waals surface area contributed by atoms with Crippen molar-refractivity contribution in [1.82, 2.24) is 9.80 Å². The van der Waals surface area contributed by atoms with E-state index in [4.69, 9.17) is 4.74 Å². The Kier molecular flexibility index (Phi) is 8.07. The smallest absolute Gasteiger partial charge is 0.268 e. The molecule has 0 saturated heterocycles. The number of para-hydroxylation sites is 1. The summed E-state index contributed by atoms with van der Waals surface area (Å²) in [4.78, 5) is 31.7. The minimum Gasteiger partial charge on any atom is -0.494 e. The SMILES string of the molecule is CC(=O)N(C)C1(c2ccc(OCCCN(C)C3CCCCC3)cc2)Sc2ccccc2N(C)C1=O. The summed E-state index contributed by atoms with van der Waals surface area (Å²) in [5, 5.41) is 0. The maximum absolute atomic E-state index is 13.7. The molecular formula is C28H37N3O3S. The largest absolute Gasteiger partial charge is 0.494 e. The number of hydrogen-bond acceptors (Lipinski definition) is 5. The molecular weight excluding hydrogens is 458 g/mol. The standard InChI is InChI=1S/C28H37N3O3S/c1-21(32)31(4)28(27(33)30(3)25-13-8-9-14-26(25)35-28)22-15-17-24(18-16-22)34-20-10-19-29(2)23-11-6-5-7-12-23/h8-9,13-18,23H,5-7,10-12,19-20H2,1-4H3. The average Bonchev–Trinajstić information content (AvgIpc) is 2.89. The lowest BCUT2D eigenvalue weighted by Gasteiger charge is -2.45. The maximum atomic E-state index is 13.7. The number of hydrogen-bond donors (Lipinski definition) is 0. The van der Waals surface area contributed by atoms with Crippen LogP contribution in [0.1, 0.15) is 51.0 Å². The zero-order chi connectivity index (χ0) is 25.0. The second kappa shape index (κ2) is 11.0. The van der Waals surface area contributed by atoms with Gasteiger partial charge in [0.15, 0.2) is 4.87 Å². The number of benzene rings is 2. The van der Waals surface area contributed by atoms with Gasteiger partial charge in [-0.25, -0.2) is 0 Å². The van der Waals surface area contributed by atoms with E-state index >= 15 is 0 Å². The van der Waals surface area contributed by atoms with Gasteiger partial charge >= 0.3 is 0 Å². The normalized spacial score (nSPS) is 20.6. The second-order valence-corrected chi connectivity index (χ2v) is 10.9. The topological polar surface area (TPSA) is 53.1 Å². The monoisotopic (exact) mass is 495 g/mol. The van der Waals surface area contributed by atoms with Crippen molar-refractivity contribution in [2.45, 2.75) is 61.3 Å². The summed E-state index contributed by atoms with van der Waals surface area (Å²) in [5.41, 5.74) is 1.61. The second-order valence-electron chi connectivity index (χ2n) is 9.65. The molecule has 0 bridgehead atoms. The van der Waals surface area contributed by atoms with Crippen LogP contribution in [0, 0.1) is 0 Å². The van der Waals surface area contributed by atoms with Crippen molar-refractivity contribution in [1.29, 1.82) is 0 Å². The number of carbonyl (C=O) groups is 2. The number of carbonyl (C=O) groups excluding carboxylic acids is 2. The third kappa shape index (κ3) is 5.21. The van der Waals surface area contributed by atoms with E-state index in [0.717, 1.165) is 34.9 Å². The van der Waals surface area contributed by atoms with Gasteiger partial charge in [-0.05, 0) is 56.1 Å². The summed E-state index contributed by atoms with van der Waals surface area (Å²) in [7, 11) is 5.69. The highest BCUT2D eigenvalue weighted by molar-refractivity contribution is 8.01. The quantitative estimate of drug-likeness (QED) is 0.476. The summed E-state index contributed by atoms with van der Waals surface area (Å²) in [6.45, 7) is 3.18. The van der Waals surface area contributed by atoms with E-state index < -0.39 is 4.87 Å². The lowest BCUT2D eigenvalue weighted by atomic mass is 9.94. The predicted octanol–water partition coefficient (Wildman–Crippen LogP) is 5.12. The van der Waals surface area contributed by atoms with Crippen LogP contribution in [0.25, 0.3) is 0 Å². The average molecular weight is 496 g/mol. The molecule has 1 saturated carbocycles. The van der Waals surface area contributed by atoms with Crippen LogP contribution >= 0.6 is 11.8 Å². The summed E-state index contributed by atoms with van der Waals surface area (Å²) in [6.07, 6.45) is 7.67. The molecule has 0 N–H and O–H groups in total. The zero-order valence-electron chi connectivity index (χ0n) is 21.3. The molecule has 1 heterocycles. The summed E-state index contributed by atoms with van der Waals surface area (Å²) < 4.78 is 6.02. The van der Waals surface area contributed by atoms with E-state index in [0.29, 0.717) is 12.6 Å². The van der Waals surface area contributed by atoms with Crippen molar-refractivity contribution in [2.75, 3.05) is 39.2 Å². The Morgan fingerprint density at radius 1 is 1.09 bits per heavy atom. The summed E-state index contributed by atoms with van der Waals surface area (Å²) in [6, 6.07) is 16.2. The van der Waals surface area contributed by atoms with Crippen molar-refractivity contribution in [3.8, 4) is 5.75 Å². The van der Waals surface area contributed by atoms with Gasteiger partial charge in [-0.15, -0.1) is 0 Å². The van der Waals surface area contributed by atoms with Gasteiger partial charge in [-0.1, -0.05) is 55.3 Å². The van der Waals surface area contributed by atoms with Crippen LogP contribution in [0.3, 0.4) is 0 Å². The number of amides is 2. The first-order valence-corrected chi connectivity index (χ1v) is 13.4. The first-order chi connectivity index (χ1) is 16.8. The molecule has 1 unspecified atom stereocenters. The van der Waals surface area contributed by atoms with E-state index in [2.05, 4.69) is 11.9 Å². The van der Waals surface area contributed by atoms with Gasteiger partial charge in [-0.2, -0.15) is 0 Å². The van der Waals surface area contributed by atoms with Gasteiger partial charge in [0.1, 0.15) is 5.75 Å². The first kappa shape index (κ1) is 25.6. The molecule has 0 aromatic heterocycles. The van der Waals surface area contributed by atoms with Crippen molar-refractivity contribution < 1.29 is 14.3 Å². The van der Waals surface area contributed by atoms with Crippen molar-refractivity contribution in [3.63, 3.8) is 0 Å². The molecule has 2 aliphatic rings. The number of nitrogens with zero attached hydrogens (tertiary/aromatic N) is 3. The molecule has 1 fully saturated rings. The predicted molar refractivity (Wildman–Crippen MR) is 142 cm³/mol. The number of anilines is 1. The Morgan fingerprint density at radius 3 is 2.46 bits per heavy atom. The van der Waals surface area contributed by atoms with Crippen LogP contribution < -0.4 is 9.64 Å². The summed E-state index contributed by atoms with van der Waals surface area (Å²) >= 11 is 1.42. The van der Waals surface area contributed by atoms with Crippen LogP contribution in [0.15, 0.2) is 53.4 Å². The Bertz CT molecular complexity index is 1040.